The molecular formula is C12H13ClF2. The Bertz CT molecular complexity index is 372. The number of hydrogen-bond donors (Lipinski definition) is 0. The zero-order valence-corrected chi connectivity index (χ0v) is 9.32. The number of hydrogen-bond acceptors (Lipinski definition) is 0. The standard InChI is InChI=1S/C12H13ClF2/c1-7-5-9(11(15)6-10(7)14)12(13)8-3-2-4-8/h5-6,8,12H,2-4H2,1H3. The van der Waals surface area contributed by atoms with Crippen molar-refractivity contribution in [1.82, 2.24) is 0 Å². The van der Waals surface area contributed by atoms with Crippen molar-refractivity contribution in [3.05, 3.63) is 34.9 Å². The molecule has 1 unspecified atom stereocenters. The largest absolute Gasteiger partial charge is 0.207 e. The smallest absolute Gasteiger partial charge is 0.130 e. The van der Waals surface area contributed by atoms with Gasteiger partial charge in [0.25, 0.3) is 0 Å². The average molecular weight is 231 g/mol. The van der Waals surface area contributed by atoms with Crippen LogP contribution < -0.4 is 0 Å². The second-order valence-electron chi connectivity index (χ2n) is 4.22. The summed E-state index contributed by atoms with van der Waals surface area (Å²) in [4.78, 5) is 0. The molecule has 0 saturated heterocycles. The van der Waals surface area contributed by atoms with E-state index in [-0.39, 0.29) is 5.38 Å². The molecule has 1 fully saturated rings. The van der Waals surface area contributed by atoms with Gasteiger partial charge in [0.1, 0.15) is 11.6 Å². The van der Waals surface area contributed by atoms with Crippen molar-refractivity contribution in [2.45, 2.75) is 31.6 Å². The summed E-state index contributed by atoms with van der Waals surface area (Å²) in [5.74, 6) is -0.676. The molecule has 0 amide bonds. The minimum Gasteiger partial charge on any atom is -0.207 e. The van der Waals surface area contributed by atoms with E-state index in [2.05, 4.69) is 0 Å². The Labute approximate surface area is 93.2 Å². The summed E-state index contributed by atoms with van der Waals surface area (Å²) >= 11 is 6.18. The van der Waals surface area contributed by atoms with Crippen LogP contribution in [0.25, 0.3) is 0 Å². The third-order valence-corrected chi connectivity index (χ3v) is 3.73. The van der Waals surface area contributed by atoms with Gasteiger partial charge in [0.05, 0.1) is 5.38 Å². The zero-order valence-electron chi connectivity index (χ0n) is 8.56. The summed E-state index contributed by atoms with van der Waals surface area (Å²) in [6.45, 7) is 1.63. The fourth-order valence-corrected chi connectivity index (χ4v) is 2.30. The molecule has 0 bridgehead atoms. The predicted octanol–water partition coefficient (Wildman–Crippen LogP) is 4.35. The van der Waals surface area contributed by atoms with Gasteiger partial charge in [0.2, 0.25) is 0 Å². The first-order chi connectivity index (χ1) is 7.09. The third-order valence-electron chi connectivity index (χ3n) is 3.14. The van der Waals surface area contributed by atoms with Crippen molar-refractivity contribution in [2.75, 3.05) is 0 Å². The fraction of sp³-hybridized carbons (Fsp3) is 0.500. The molecule has 0 nitrogen and oxygen atoms in total. The molecule has 1 aliphatic carbocycles. The van der Waals surface area contributed by atoms with E-state index < -0.39 is 11.6 Å². The highest BCUT2D eigenvalue weighted by Gasteiger charge is 2.29. The summed E-state index contributed by atoms with van der Waals surface area (Å²) in [7, 11) is 0. The highest BCUT2D eigenvalue weighted by molar-refractivity contribution is 6.21. The lowest BCUT2D eigenvalue weighted by molar-refractivity contribution is 0.302. The molecule has 15 heavy (non-hydrogen) atoms. The maximum Gasteiger partial charge on any atom is 0.130 e. The molecule has 1 aromatic carbocycles. The van der Waals surface area contributed by atoms with Crippen LogP contribution in [0.3, 0.4) is 0 Å². The second-order valence-corrected chi connectivity index (χ2v) is 4.69. The van der Waals surface area contributed by atoms with Crippen LogP contribution in [0.2, 0.25) is 0 Å². The number of rotatable bonds is 2. The lowest BCUT2D eigenvalue weighted by Gasteiger charge is -2.30. The first-order valence-corrected chi connectivity index (χ1v) is 5.63. The van der Waals surface area contributed by atoms with Gasteiger partial charge in [-0.15, -0.1) is 11.6 Å². The molecule has 1 aromatic rings. The molecule has 0 N–H and O–H groups in total. The number of aryl methyl sites for hydroxylation is 1. The van der Waals surface area contributed by atoms with Gasteiger partial charge in [-0.2, -0.15) is 0 Å². The van der Waals surface area contributed by atoms with Gasteiger partial charge in [0.15, 0.2) is 0 Å². The maximum atomic E-state index is 13.5. The minimum atomic E-state index is -0.523. The molecule has 1 saturated carbocycles. The summed E-state index contributed by atoms with van der Waals surface area (Å²) in [6, 6.07) is 2.46. The number of halogens is 3. The van der Waals surface area contributed by atoms with E-state index in [4.69, 9.17) is 11.6 Å². The van der Waals surface area contributed by atoms with Crippen LogP contribution in [0.5, 0.6) is 0 Å². The van der Waals surface area contributed by atoms with Gasteiger partial charge in [-0.1, -0.05) is 6.42 Å². The van der Waals surface area contributed by atoms with E-state index in [1.165, 1.54) is 6.07 Å². The molecular weight excluding hydrogens is 218 g/mol. The van der Waals surface area contributed by atoms with E-state index in [0.717, 1.165) is 25.3 Å². The van der Waals surface area contributed by atoms with E-state index in [1.807, 2.05) is 0 Å². The molecule has 82 valence electrons. The van der Waals surface area contributed by atoms with Crippen molar-refractivity contribution in [3.63, 3.8) is 0 Å². The summed E-state index contributed by atoms with van der Waals surface area (Å²) < 4.78 is 26.5. The number of benzene rings is 1. The van der Waals surface area contributed by atoms with Crippen molar-refractivity contribution in [3.8, 4) is 0 Å². The Morgan fingerprint density at radius 1 is 1.27 bits per heavy atom. The first-order valence-electron chi connectivity index (χ1n) is 5.19. The quantitative estimate of drug-likeness (QED) is 0.663. The van der Waals surface area contributed by atoms with E-state index in [0.29, 0.717) is 17.0 Å². The van der Waals surface area contributed by atoms with Crippen molar-refractivity contribution >= 4 is 11.6 Å². The van der Waals surface area contributed by atoms with E-state index >= 15 is 0 Å². The number of alkyl halides is 1. The van der Waals surface area contributed by atoms with Gasteiger partial charge in [-0.05, 0) is 37.3 Å². The van der Waals surface area contributed by atoms with Crippen molar-refractivity contribution in [1.29, 1.82) is 0 Å². The Kier molecular flexibility index (Phi) is 2.96. The van der Waals surface area contributed by atoms with Crippen LogP contribution in [0.4, 0.5) is 8.78 Å². The van der Waals surface area contributed by atoms with Crippen LogP contribution >= 0.6 is 11.6 Å². The van der Waals surface area contributed by atoms with Crippen LogP contribution in [-0.4, -0.2) is 0 Å². The lowest BCUT2D eigenvalue weighted by Crippen LogP contribution is -2.17. The van der Waals surface area contributed by atoms with Gasteiger partial charge in [-0.3, -0.25) is 0 Å². The Hall–Kier alpha value is -0.630. The van der Waals surface area contributed by atoms with E-state index in [9.17, 15) is 8.78 Å². The Morgan fingerprint density at radius 2 is 1.93 bits per heavy atom. The monoisotopic (exact) mass is 230 g/mol. The van der Waals surface area contributed by atoms with Gasteiger partial charge in [-0.25, -0.2) is 8.78 Å². The van der Waals surface area contributed by atoms with Gasteiger partial charge in [0, 0.05) is 11.6 Å². The normalized spacial score (nSPS) is 18.7. The summed E-state index contributed by atoms with van der Waals surface area (Å²) in [5, 5.41) is -0.307. The molecule has 1 atom stereocenters. The van der Waals surface area contributed by atoms with E-state index in [1.54, 1.807) is 6.92 Å². The lowest BCUT2D eigenvalue weighted by atomic mass is 9.80. The molecule has 0 spiro atoms. The van der Waals surface area contributed by atoms with Crippen molar-refractivity contribution in [2.24, 2.45) is 5.92 Å². The van der Waals surface area contributed by atoms with Crippen LogP contribution in [-0.2, 0) is 0 Å². The van der Waals surface area contributed by atoms with Crippen LogP contribution in [0.15, 0.2) is 12.1 Å². The molecule has 2 rings (SSSR count). The maximum absolute atomic E-state index is 13.5. The highest BCUT2D eigenvalue weighted by atomic mass is 35.5. The first kappa shape index (κ1) is 10.9. The average Bonchev–Trinajstić information content (AvgIpc) is 2.08. The Balaban J connectivity index is 2.30. The highest BCUT2D eigenvalue weighted by Crippen LogP contribution is 2.42. The molecule has 1 aliphatic rings. The molecule has 0 aromatic heterocycles. The molecule has 0 heterocycles. The van der Waals surface area contributed by atoms with Crippen LogP contribution in [0, 0.1) is 24.5 Å². The summed E-state index contributed by atoms with van der Waals surface area (Å²) in [6.07, 6.45) is 3.25. The minimum absolute atomic E-state index is 0.307. The van der Waals surface area contributed by atoms with Crippen molar-refractivity contribution < 1.29 is 8.78 Å². The predicted molar refractivity (Wildman–Crippen MR) is 57.0 cm³/mol. The SMILES string of the molecule is Cc1cc(C(Cl)C2CCC2)c(F)cc1F. The third kappa shape index (κ3) is 2.00. The second kappa shape index (κ2) is 4.09. The molecule has 0 radical (unpaired) electrons. The topological polar surface area (TPSA) is 0 Å². The molecule has 3 heteroatoms. The van der Waals surface area contributed by atoms with Gasteiger partial charge >= 0.3 is 0 Å². The molecule has 0 aliphatic heterocycles. The summed E-state index contributed by atoms with van der Waals surface area (Å²) in [5.41, 5.74) is 0.900. The zero-order chi connectivity index (χ0) is 11.0. The fourth-order valence-electron chi connectivity index (χ4n) is 1.88. The van der Waals surface area contributed by atoms with Crippen LogP contribution in [0.1, 0.15) is 35.8 Å². The van der Waals surface area contributed by atoms with Gasteiger partial charge < -0.3 is 0 Å². The Morgan fingerprint density at radius 3 is 2.47 bits per heavy atom.